The first kappa shape index (κ1) is 27.8. The molecule has 1 aliphatic heterocycles. The molecule has 8 heteroatoms. The molecule has 1 saturated heterocycles. The van der Waals surface area contributed by atoms with Crippen molar-refractivity contribution in [3.8, 4) is 0 Å². The number of carbonyl (C=O) groups is 1. The Hall–Kier alpha value is -3.78. The Morgan fingerprint density at radius 2 is 1.70 bits per heavy atom. The fraction of sp³-hybridized carbons (Fsp3) is 0.281. The van der Waals surface area contributed by atoms with Crippen LogP contribution in [0.5, 0.6) is 0 Å². The van der Waals surface area contributed by atoms with Crippen LogP contribution in [0.25, 0.3) is 17.2 Å². The highest BCUT2D eigenvalue weighted by Gasteiger charge is 2.32. The molecule has 40 heavy (non-hydrogen) atoms. The summed E-state index contributed by atoms with van der Waals surface area (Å²) in [5, 5.41) is 9.51. The van der Waals surface area contributed by atoms with Crippen molar-refractivity contribution in [2.45, 2.75) is 31.9 Å². The summed E-state index contributed by atoms with van der Waals surface area (Å²) in [7, 11) is 0. The molecule has 0 atom stereocenters. The highest BCUT2D eigenvalue weighted by Crippen LogP contribution is 2.42. The fourth-order valence-electron chi connectivity index (χ4n) is 5.50. The Morgan fingerprint density at radius 3 is 2.38 bits per heavy atom. The molecule has 0 bridgehead atoms. The van der Waals surface area contributed by atoms with Crippen molar-refractivity contribution < 1.29 is 31.9 Å². The zero-order valence-corrected chi connectivity index (χ0v) is 21.7. The topological polar surface area (TPSA) is 40.5 Å². The number of aryl methyl sites for hydroxylation is 1. The molecule has 1 aliphatic carbocycles. The molecule has 0 spiro atoms. The number of nitrogens with zero attached hydrogens (tertiary/aromatic N) is 1. The molecule has 3 aromatic carbocycles. The van der Waals surface area contributed by atoms with Crippen molar-refractivity contribution in [3.05, 3.63) is 111 Å². The van der Waals surface area contributed by atoms with Gasteiger partial charge in [-0.15, -0.1) is 0 Å². The van der Waals surface area contributed by atoms with Gasteiger partial charge in [0.1, 0.15) is 5.82 Å². The van der Waals surface area contributed by atoms with Gasteiger partial charge in [0, 0.05) is 25.2 Å². The van der Waals surface area contributed by atoms with Crippen molar-refractivity contribution >= 4 is 23.2 Å². The molecular formula is C32H28F5NO2. The number of carboxylic acids is 1. The summed E-state index contributed by atoms with van der Waals surface area (Å²) in [5.41, 5.74) is 4.47. The lowest BCUT2D eigenvalue weighted by Crippen LogP contribution is -2.40. The van der Waals surface area contributed by atoms with E-state index in [0.717, 1.165) is 49.0 Å². The largest absolute Gasteiger partial charge is 0.478 e. The molecule has 1 fully saturated rings. The van der Waals surface area contributed by atoms with Crippen molar-refractivity contribution in [1.82, 2.24) is 4.90 Å². The number of hydrogen-bond donors (Lipinski definition) is 1. The third-order valence-electron chi connectivity index (χ3n) is 7.45. The maximum Gasteiger partial charge on any atom is 0.416 e. The number of allylic oxidation sites excluding steroid dienone is 1. The molecule has 0 amide bonds. The molecule has 0 radical (unpaired) electrons. The maximum absolute atomic E-state index is 15.2. The Balaban J connectivity index is 1.60. The zero-order chi connectivity index (χ0) is 28.4. The highest BCUT2D eigenvalue weighted by atomic mass is 19.4. The van der Waals surface area contributed by atoms with E-state index in [4.69, 9.17) is 0 Å². The fourth-order valence-corrected chi connectivity index (χ4v) is 5.50. The second-order valence-electron chi connectivity index (χ2n) is 10.3. The lowest BCUT2D eigenvalue weighted by molar-refractivity contribution is -0.137. The van der Waals surface area contributed by atoms with E-state index in [1.807, 2.05) is 24.3 Å². The number of carboxylic acid groups (broad SMARTS) is 1. The molecule has 2 aliphatic rings. The van der Waals surface area contributed by atoms with Crippen LogP contribution in [0.1, 0.15) is 63.0 Å². The average molecular weight is 554 g/mol. The Morgan fingerprint density at radius 1 is 0.950 bits per heavy atom. The van der Waals surface area contributed by atoms with Crippen molar-refractivity contribution in [1.29, 1.82) is 0 Å². The van der Waals surface area contributed by atoms with Gasteiger partial charge in [-0.05, 0) is 95.0 Å². The first-order chi connectivity index (χ1) is 19.1. The lowest BCUT2D eigenvalue weighted by Gasteiger charge is -2.33. The minimum Gasteiger partial charge on any atom is -0.478 e. The van der Waals surface area contributed by atoms with E-state index in [1.54, 1.807) is 12.1 Å². The maximum atomic E-state index is 15.2. The summed E-state index contributed by atoms with van der Waals surface area (Å²) < 4.78 is 68.3. The SMILES string of the molecule is O=C(O)c1ccc2c(c1)CCCC(c1cc(C(F)(F)F)ccc1F)=C2c1ccc(C=C2CN(CCCF)C2)cc1. The van der Waals surface area contributed by atoms with Gasteiger partial charge in [-0.1, -0.05) is 36.4 Å². The first-order valence-corrected chi connectivity index (χ1v) is 13.2. The number of benzene rings is 3. The summed E-state index contributed by atoms with van der Waals surface area (Å²) in [6.45, 7) is 1.95. The van der Waals surface area contributed by atoms with E-state index >= 15 is 4.39 Å². The van der Waals surface area contributed by atoms with E-state index in [9.17, 15) is 27.5 Å². The number of rotatable bonds is 7. The summed E-state index contributed by atoms with van der Waals surface area (Å²) in [6.07, 6.45) is -0.689. The smallest absolute Gasteiger partial charge is 0.416 e. The van der Waals surface area contributed by atoms with E-state index in [0.29, 0.717) is 48.0 Å². The molecule has 3 nitrogen and oxygen atoms in total. The predicted molar refractivity (Wildman–Crippen MR) is 145 cm³/mol. The van der Waals surface area contributed by atoms with E-state index in [1.165, 1.54) is 11.6 Å². The predicted octanol–water partition coefficient (Wildman–Crippen LogP) is 7.90. The summed E-state index contributed by atoms with van der Waals surface area (Å²) in [5.74, 6) is -1.81. The number of fused-ring (bicyclic) bond motifs is 1. The highest BCUT2D eigenvalue weighted by molar-refractivity contribution is 6.01. The minimum atomic E-state index is -4.62. The molecule has 0 aromatic heterocycles. The number of hydrogen-bond acceptors (Lipinski definition) is 2. The van der Waals surface area contributed by atoms with Crippen LogP contribution in [-0.2, 0) is 12.6 Å². The van der Waals surface area contributed by atoms with Gasteiger partial charge in [-0.25, -0.2) is 9.18 Å². The van der Waals surface area contributed by atoms with Crippen LogP contribution < -0.4 is 0 Å². The first-order valence-electron chi connectivity index (χ1n) is 13.2. The van der Waals surface area contributed by atoms with Gasteiger partial charge in [-0.2, -0.15) is 13.2 Å². The molecule has 1 N–H and O–H groups in total. The van der Waals surface area contributed by atoms with Crippen LogP contribution in [0.3, 0.4) is 0 Å². The van der Waals surface area contributed by atoms with Gasteiger partial charge >= 0.3 is 12.1 Å². The monoisotopic (exact) mass is 553 g/mol. The molecular weight excluding hydrogens is 525 g/mol. The van der Waals surface area contributed by atoms with Crippen molar-refractivity contribution in [2.75, 3.05) is 26.3 Å². The molecule has 5 rings (SSSR count). The van der Waals surface area contributed by atoms with Gasteiger partial charge in [-0.3, -0.25) is 9.29 Å². The van der Waals surface area contributed by atoms with Gasteiger partial charge in [0.05, 0.1) is 17.8 Å². The Kier molecular flexibility index (Phi) is 7.90. The molecule has 3 aromatic rings. The van der Waals surface area contributed by atoms with Crippen LogP contribution in [-0.4, -0.2) is 42.3 Å². The number of halogens is 5. The van der Waals surface area contributed by atoms with Crippen LogP contribution >= 0.6 is 0 Å². The van der Waals surface area contributed by atoms with Crippen molar-refractivity contribution in [3.63, 3.8) is 0 Å². The molecule has 0 unspecified atom stereocenters. The Bertz CT molecular complexity index is 1480. The zero-order valence-electron chi connectivity index (χ0n) is 21.7. The third-order valence-corrected chi connectivity index (χ3v) is 7.45. The third kappa shape index (κ3) is 5.87. The summed E-state index contributed by atoms with van der Waals surface area (Å²) in [6, 6.07) is 14.7. The average Bonchev–Trinajstić information content (AvgIpc) is 3.09. The molecule has 1 heterocycles. The molecule has 0 saturated carbocycles. The van der Waals surface area contributed by atoms with E-state index < -0.39 is 23.5 Å². The van der Waals surface area contributed by atoms with Gasteiger partial charge < -0.3 is 5.11 Å². The Labute approximate surface area is 229 Å². The quantitative estimate of drug-likeness (QED) is 0.303. The standard InChI is InChI=1S/C32H28F5NO2/c33-13-2-14-38-18-21(19-38)15-20-5-7-22(8-6-20)30-26-11-9-24(31(39)40)16-23(26)3-1-4-27(30)28-17-25(32(35,36)37)10-12-29(28)34/h5-12,15-17H,1-4,13-14,18-19H2,(H,39,40). The second kappa shape index (κ2) is 11.4. The van der Waals surface area contributed by atoms with Crippen LogP contribution in [0.15, 0.2) is 66.2 Å². The number of aromatic carboxylic acids is 1. The van der Waals surface area contributed by atoms with E-state index in [-0.39, 0.29) is 17.8 Å². The minimum absolute atomic E-state index is 0.103. The summed E-state index contributed by atoms with van der Waals surface area (Å²) in [4.78, 5) is 13.8. The number of alkyl halides is 4. The normalized spacial score (nSPS) is 15.9. The number of likely N-dealkylation sites (tertiary alicyclic amines) is 1. The molecule has 208 valence electrons. The van der Waals surface area contributed by atoms with Gasteiger partial charge in [0.2, 0.25) is 0 Å². The van der Waals surface area contributed by atoms with Gasteiger partial charge in [0.25, 0.3) is 0 Å². The van der Waals surface area contributed by atoms with Gasteiger partial charge in [0.15, 0.2) is 0 Å². The van der Waals surface area contributed by atoms with Crippen LogP contribution in [0, 0.1) is 5.82 Å². The van der Waals surface area contributed by atoms with Crippen LogP contribution in [0.4, 0.5) is 22.0 Å². The van der Waals surface area contributed by atoms with Crippen LogP contribution in [0.2, 0.25) is 0 Å². The second-order valence-corrected chi connectivity index (χ2v) is 10.3. The van der Waals surface area contributed by atoms with Crippen molar-refractivity contribution in [2.24, 2.45) is 0 Å². The van der Waals surface area contributed by atoms with E-state index in [2.05, 4.69) is 11.0 Å². The lowest BCUT2D eigenvalue weighted by atomic mass is 9.86. The summed E-state index contributed by atoms with van der Waals surface area (Å²) >= 11 is 0.